The van der Waals surface area contributed by atoms with Gasteiger partial charge in [0.25, 0.3) is 0 Å². The summed E-state index contributed by atoms with van der Waals surface area (Å²) in [4.78, 5) is 14.5. The Balaban J connectivity index is 1.21. The average Bonchev–Trinajstić information content (AvgIpc) is 3.45. The van der Waals surface area contributed by atoms with Crippen molar-refractivity contribution in [1.29, 1.82) is 0 Å². The highest BCUT2D eigenvalue weighted by atomic mass is 35.5. The standard InChI is InChI=1S/C23H22Cl2N4OS2/c24-18-3-1-2-4-20(18)32-29-11-8-23(9-12-29)7-10-28(15-23)22-27-26-21(31-22)16-5-6-17(14-30)19(25)13-16/h1-6,13-14H,7-12,15H2. The molecule has 0 bridgehead atoms. The summed E-state index contributed by atoms with van der Waals surface area (Å²) >= 11 is 15.9. The van der Waals surface area contributed by atoms with Crippen LogP contribution in [-0.4, -0.2) is 47.0 Å². The molecular formula is C23H22Cl2N4OS2. The van der Waals surface area contributed by atoms with E-state index in [0.29, 0.717) is 16.0 Å². The number of hydrogen-bond acceptors (Lipinski definition) is 7. The number of piperidine rings is 1. The summed E-state index contributed by atoms with van der Waals surface area (Å²) in [5.74, 6) is 0. The first kappa shape index (κ1) is 22.2. The molecule has 1 spiro atoms. The lowest BCUT2D eigenvalue weighted by molar-refractivity contribution is 0.112. The van der Waals surface area contributed by atoms with Gasteiger partial charge in [0, 0.05) is 42.2 Å². The van der Waals surface area contributed by atoms with E-state index in [1.807, 2.05) is 24.3 Å². The van der Waals surface area contributed by atoms with Gasteiger partial charge in [-0.15, -0.1) is 10.2 Å². The monoisotopic (exact) mass is 504 g/mol. The summed E-state index contributed by atoms with van der Waals surface area (Å²) in [5.41, 5.74) is 1.72. The Morgan fingerprint density at radius 2 is 1.78 bits per heavy atom. The molecule has 3 heterocycles. The molecule has 9 heteroatoms. The largest absolute Gasteiger partial charge is 0.346 e. The first-order chi connectivity index (χ1) is 15.5. The van der Waals surface area contributed by atoms with Crippen LogP contribution in [0.5, 0.6) is 0 Å². The zero-order valence-electron chi connectivity index (χ0n) is 17.3. The molecule has 5 rings (SSSR count). The van der Waals surface area contributed by atoms with E-state index in [4.69, 9.17) is 23.2 Å². The summed E-state index contributed by atoms with van der Waals surface area (Å²) in [6.45, 7) is 4.16. The highest BCUT2D eigenvalue weighted by molar-refractivity contribution is 7.97. The van der Waals surface area contributed by atoms with Crippen LogP contribution in [0.15, 0.2) is 47.4 Å². The summed E-state index contributed by atoms with van der Waals surface area (Å²) in [6, 6.07) is 13.4. The predicted octanol–water partition coefficient (Wildman–Crippen LogP) is 6.32. The smallest absolute Gasteiger partial charge is 0.208 e. The summed E-state index contributed by atoms with van der Waals surface area (Å²) in [5, 5.41) is 11.9. The zero-order chi connectivity index (χ0) is 22.1. The molecule has 166 valence electrons. The lowest BCUT2D eigenvalue weighted by Gasteiger charge is -2.38. The molecule has 2 aromatic carbocycles. The third kappa shape index (κ3) is 4.54. The number of hydrogen-bond donors (Lipinski definition) is 0. The molecule has 2 aliphatic rings. The maximum Gasteiger partial charge on any atom is 0.208 e. The highest BCUT2D eigenvalue weighted by Gasteiger charge is 2.41. The second-order valence-electron chi connectivity index (χ2n) is 8.37. The first-order valence-electron chi connectivity index (χ1n) is 10.6. The van der Waals surface area contributed by atoms with Crippen molar-refractivity contribution in [2.75, 3.05) is 31.1 Å². The van der Waals surface area contributed by atoms with Gasteiger partial charge in [0.1, 0.15) is 5.01 Å². The Kier molecular flexibility index (Phi) is 6.45. The molecule has 0 amide bonds. The fourth-order valence-corrected chi connectivity index (χ4v) is 6.70. The molecule has 5 nitrogen and oxygen atoms in total. The van der Waals surface area contributed by atoms with Gasteiger partial charge in [-0.2, -0.15) is 0 Å². The van der Waals surface area contributed by atoms with Crippen molar-refractivity contribution in [3.8, 4) is 10.6 Å². The van der Waals surface area contributed by atoms with E-state index >= 15 is 0 Å². The predicted molar refractivity (Wildman–Crippen MR) is 133 cm³/mol. The maximum absolute atomic E-state index is 11.0. The van der Waals surface area contributed by atoms with Crippen molar-refractivity contribution in [1.82, 2.24) is 14.5 Å². The van der Waals surface area contributed by atoms with E-state index in [0.717, 1.165) is 58.1 Å². The van der Waals surface area contributed by atoms with Gasteiger partial charge < -0.3 is 4.90 Å². The molecule has 2 saturated heterocycles. The summed E-state index contributed by atoms with van der Waals surface area (Å²) in [6.07, 6.45) is 4.30. The molecule has 2 fully saturated rings. The van der Waals surface area contributed by atoms with Gasteiger partial charge in [0.2, 0.25) is 5.13 Å². The first-order valence-corrected chi connectivity index (χ1v) is 12.9. The molecule has 1 aromatic heterocycles. The van der Waals surface area contributed by atoms with Gasteiger partial charge in [-0.25, -0.2) is 4.31 Å². The van der Waals surface area contributed by atoms with Crippen molar-refractivity contribution in [2.24, 2.45) is 5.41 Å². The van der Waals surface area contributed by atoms with Gasteiger partial charge in [0.05, 0.1) is 10.0 Å². The topological polar surface area (TPSA) is 49.3 Å². The number of halogens is 2. The molecule has 2 aliphatic heterocycles. The molecule has 3 aromatic rings. The van der Waals surface area contributed by atoms with Crippen molar-refractivity contribution >= 4 is 57.9 Å². The third-order valence-electron chi connectivity index (χ3n) is 6.34. The average molecular weight is 505 g/mol. The number of nitrogens with zero attached hydrogens (tertiary/aromatic N) is 4. The van der Waals surface area contributed by atoms with E-state index in [9.17, 15) is 4.79 Å². The van der Waals surface area contributed by atoms with E-state index in [-0.39, 0.29) is 0 Å². The molecular weight excluding hydrogens is 483 g/mol. The van der Waals surface area contributed by atoms with Crippen LogP contribution in [0.2, 0.25) is 10.0 Å². The minimum absolute atomic E-state index is 0.346. The number of carbonyl (C=O) groups excluding carboxylic acids is 1. The molecule has 0 N–H and O–H groups in total. The van der Waals surface area contributed by atoms with Crippen LogP contribution in [-0.2, 0) is 0 Å². The van der Waals surface area contributed by atoms with Crippen molar-refractivity contribution in [2.45, 2.75) is 24.2 Å². The lowest BCUT2D eigenvalue weighted by Crippen LogP contribution is -2.38. The second kappa shape index (κ2) is 9.31. The lowest BCUT2D eigenvalue weighted by atomic mass is 9.78. The van der Waals surface area contributed by atoms with Crippen molar-refractivity contribution < 1.29 is 4.79 Å². The quantitative estimate of drug-likeness (QED) is 0.299. The van der Waals surface area contributed by atoms with Crippen molar-refractivity contribution in [3.63, 3.8) is 0 Å². The van der Waals surface area contributed by atoms with E-state index in [1.54, 1.807) is 35.4 Å². The molecule has 0 atom stereocenters. The molecule has 0 radical (unpaired) electrons. The van der Waals surface area contributed by atoms with Crippen LogP contribution in [0, 0.1) is 5.41 Å². The SMILES string of the molecule is O=Cc1ccc(-c2nnc(N3CCC4(CCN(Sc5ccccc5Cl)CC4)C3)s2)cc1Cl. The third-order valence-corrected chi connectivity index (χ3v) is 9.32. The van der Waals surface area contributed by atoms with Gasteiger partial charge in [0.15, 0.2) is 6.29 Å². The normalized spacial score (nSPS) is 18.4. The Hall–Kier alpha value is -1.64. The maximum atomic E-state index is 11.0. The number of benzene rings is 2. The van der Waals surface area contributed by atoms with Crippen LogP contribution in [0.3, 0.4) is 0 Å². The Bertz CT molecular complexity index is 1130. The Morgan fingerprint density at radius 1 is 1.00 bits per heavy atom. The molecule has 32 heavy (non-hydrogen) atoms. The summed E-state index contributed by atoms with van der Waals surface area (Å²) in [7, 11) is 0. The van der Waals surface area contributed by atoms with Gasteiger partial charge in [-0.3, -0.25) is 4.79 Å². The van der Waals surface area contributed by atoms with Crippen molar-refractivity contribution in [3.05, 3.63) is 58.1 Å². The van der Waals surface area contributed by atoms with Gasteiger partial charge in [-0.1, -0.05) is 52.7 Å². The van der Waals surface area contributed by atoms with E-state index < -0.39 is 0 Å². The number of anilines is 1. The van der Waals surface area contributed by atoms with E-state index in [2.05, 4.69) is 25.5 Å². The second-order valence-corrected chi connectivity index (χ2v) is 11.3. The fraction of sp³-hybridized carbons (Fsp3) is 0.348. The Labute approximate surface area is 205 Å². The highest BCUT2D eigenvalue weighted by Crippen LogP contribution is 2.45. The van der Waals surface area contributed by atoms with Crippen LogP contribution in [0.1, 0.15) is 29.6 Å². The number of rotatable bonds is 5. The van der Waals surface area contributed by atoms with Gasteiger partial charge >= 0.3 is 0 Å². The Morgan fingerprint density at radius 3 is 2.53 bits per heavy atom. The summed E-state index contributed by atoms with van der Waals surface area (Å²) < 4.78 is 2.44. The minimum atomic E-state index is 0.346. The van der Waals surface area contributed by atoms with Crippen LogP contribution in [0.25, 0.3) is 10.6 Å². The zero-order valence-corrected chi connectivity index (χ0v) is 20.5. The van der Waals surface area contributed by atoms with Crippen LogP contribution < -0.4 is 4.90 Å². The molecule has 0 aliphatic carbocycles. The number of aldehydes is 1. The number of carbonyl (C=O) groups is 1. The minimum Gasteiger partial charge on any atom is -0.346 e. The number of aromatic nitrogens is 2. The van der Waals surface area contributed by atoms with Crippen LogP contribution in [0.4, 0.5) is 5.13 Å². The fourth-order valence-electron chi connectivity index (χ4n) is 4.43. The molecule has 0 saturated carbocycles. The van der Waals surface area contributed by atoms with Crippen LogP contribution >= 0.6 is 46.5 Å². The van der Waals surface area contributed by atoms with E-state index in [1.165, 1.54) is 19.3 Å². The van der Waals surface area contributed by atoms with Gasteiger partial charge in [-0.05, 0) is 60.9 Å². The molecule has 0 unspecified atom stereocenters.